The molecule has 0 aliphatic rings. The summed E-state index contributed by atoms with van der Waals surface area (Å²) in [5.74, 6) is 1.72. The van der Waals surface area contributed by atoms with Crippen LogP contribution in [0.5, 0.6) is 5.75 Å². The minimum atomic E-state index is -0.265. The van der Waals surface area contributed by atoms with Gasteiger partial charge in [-0.05, 0) is 56.0 Å². The molecule has 7 heteroatoms. The first kappa shape index (κ1) is 23.9. The largest absolute Gasteiger partial charge is 0.483 e. The number of hydrogen-bond acceptors (Lipinski definition) is 5. The Morgan fingerprint density at radius 1 is 1.09 bits per heavy atom. The Bertz CT molecular complexity index is 1040. The van der Waals surface area contributed by atoms with Crippen molar-refractivity contribution in [1.82, 2.24) is 14.8 Å². The van der Waals surface area contributed by atoms with Gasteiger partial charge in [-0.25, -0.2) is 0 Å². The smallest absolute Gasteiger partial charge is 0.234 e. The molecule has 1 amide bonds. The lowest BCUT2D eigenvalue weighted by Crippen LogP contribution is -2.15. The minimum absolute atomic E-state index is 0.0747. The predicted molar refractivity (Wildman–Crippen MR) is 130 cm³/mol. The average Bonchev–Trinajstić information content (AvgIpc) is 3.17. The van der Waals surface area contributed by atoms with Gasteiger partial charge in [-0.3, -0.25) is 4.79 Å². The number of benzene rings is 2. The van der Waals surface area contributed by atoms with Crippen molar-refractivity contribution >= 4 is 23.4 Å². The highest BCUT2D eigenvalue weighted by Gasteiger charge is 2.20. The molecule has 32 heavy (non-hydrogen) atoms. The lowest BCUT2D eigenvalue weighted by atomic mass is 9.87. The second-order valence-corrected chi connectivity index (χ2v) is 9.76. The van der Waals surface area contributed by atoms with Crippen molar-refractivity contribution in [3.8, 4) is 5.75 Å². The van der Waals surface area contributed by atoms with Crippen LogP contribution >= 0.6 is 11.8 Å². The molecule has 0 spiro atoms. The van der Waals surface area contributed by atoms with Crippen molar-refractivity contribution in [1.29, 1.82) is 0 Å². The normalized spacial score (nSPS) is 12.4. The number of nitrogens with zero attached hydrogens (tertiary/aromatic N) is 3. The second-order valence-electron chi connectivity index (χ2n) is 8.82. The molecule has 1 unspecified atom stereocenters. The van der Waals surface area contributed by atoms with E-state index in [-0.39, 0.29) is 23.2 Å². The first-order chi connectivity index (χ1) is 15.2. The van der Waals surface area contributed by atoms with Crippen LogP contribution in [-0.4, -0.2) is 26.4 Å². The van der Waals surface area contributed by atoms with E-state index in [1.165, 1.54) is 17.3 Å². The van der Waals surface area contributed by atoms with Crippen LogP contribution in [0, 0.1) is 6.92 Å². The van der Waals surface area contributed by atoms with E-state index in [2.05, 4.69) is 48.4 Å². The van der Waals surface area contributed by atoms with Gasteiger partial charge >= 0.3 is 0 Å². The number of nitrogens with one attached hydrogen (secondary N) is 1. The number of aryl methyl sites for hydroxylation is 1. The van der Waals surface area contributed by atoms with E-state index >= 15 is 0 Å². The zero-order valence-electron chi connectivity index (χ0n) is 19.7. The molecule has 0 bridgehead atoms. The molecule has 0 saturated heterocycles. The molecule has 1 N–H and O–H groups in total. The number of rotatable bonds is 8. The summed E-state index contributed by atoms with van der Waals surface area (Å²) >= 11 is 1.37. The van der Waals surface area contributed by atoms with E-state index in [1.54, 1.807) is 0 Å². The van der Waals surface area contributed by atoms with Gasteiger partial charge in [0, 0.05) is 12.2 Å². The fourth-order valence-electron chi connectivity index (χ4n) is 3.26. The number of carbonyl (C=O) groups excluding carboxylic acids is 1. The van der Waals surface area contributed by atoms with Crippen molar-refractivity contribution in [2.24, 2.45) is 0 Å². The number of thioether (sulfide) groups is 1. The maximum Gasteiger partial charge on any atom is 0.234 e. The van der Waals surface area contributed by atoms with Crippen molar-refractivity contribution in [3.05, 3.63) is 65.5 Å². The van der Waals surface area contributed by atoms with Gasteiger partial charge in [-0.2, -0.15) is 0 Å². The van der Waals surface area contributed by atoms with Crippen molar-refractivity contribution < 1.29 is 9.53 Å². The first-order valence-electron chi connectivity index (χ1n) is 10.9. The molecule has 0 radical (unpaired) electrons. The fraction of sp³-hybridized carbons (Fsp3) is 0.400. The summed E-state index contributed by atoms with van der Waals surface area (Å²) in [7, 11) is 0. The Hall–Kier alpha value is -2.80. The first-order valence-corrected chi connectivity index (χ1v) is 11.9. The SMILES string of the molecule is CCn1c(SCC(=O)Nc2ccc(C)cc2)nnc1C(C)Oc1ccc(C(C)(C)C)cc1. The molecule has 6 nitrogen and oxygen atoms in total. The molecule has 0 aliphatic carbocycles. The molecule has 2 aromatic carbocycles. The quantitative estimate of drug-likeness (QED) is 0.439. The van der Waals surface area contributed by atoms with Crippen LogP contribution in [0.2, 0.25) is 0 Å². The van der Waals surface area contributed by atoms with E-state index in [0.717, 1.165) is 22.8 Å². The summed E-state index contributed by atoms with van der Waals surface area (Å²) in [6, 6.07) is 15.9. The molecular weight excluding hydrogens is 420 g/mol. The van der Waals surface area contributed by atoms with E-state index < -0.39 is 0 Å². The molecular formula is C25H32N4O2S. The maximum atomic E-state index is 12.3. The lowest BCUT2D eigenvalue weighted by molar-refractivity contribution is -0.113. The summed E-state index contributed by atoms with van der Waals surface area (Å²) in [5.41, 5.74) is 3.31. The van der Waals surface area contributed by atoms with Crippen LogP contribution in [0.3, 0.4) is 0 Å². The molecule has 1 aromatic heterocycles. The molecule has 0 saturated carbocycles. The number of amides is 1. The van der Waals surface area contributed by atoms with Crippen LogP contribution in [0.1, 0.15) is 57.7 Å². The van der Waals surface area contributed by atoms with Gasteiger partial charge in [0.05, 0.1) is 5.75 Å². The van der Waals surface area contributed by atoms with E-state index in [9.17, 15) is 4.79 Å². The van der Waals surface area contributed by atoms with Gasteiger partial charge < -0.3 is 14.6 Å². The Morgan fingerprint density at radius 3 is 2.34 bits per heavy atom. The Labute approximate surface area is 194 Å². The van der Waals surface area contributed by atoms with Gasteiger partial charge in [0.2, 0.25) is 5.91 Å². The standard InChI is InChI=1S/C25H32N4O2S/c1-7-29-23(18(3)31-21-14-10-19(11-15-21)25(4,5)6)27-28-24(29)32-16-22(30)26-20-12-8-17(2)9-13-20/h8-15,18H,7,16H2,1-6H3,(H,26,30). The number of hydrogen-bond donors (Lipinski definition) is 1. The highest BCUT2D eigenvalue weighted by molar-refractivity contribution is 7.99. The van der Waals surface area contributed by atoms with Crippen LogP contribution in [0.4, 0.5) is 5.69 Å². The molecule has 3 rings (SSSR count). The third-order valence-electron chi connectivity index (χ3n) is 5.13. The average molecular weight is 453 g/mol. The summed E-state index contributed by atoms with van der Waals surface area (Å²) in [6.07, 6.45) is -0.265. The monoisotopic (exact) mass is 452 g/mol. The van der Waals surface area contributed by atoms with E-state index in [4.69, 9.17) is 4.74 Å². The molecule has 0 aliphatic heterocycles. The van der Waals surface area contributed by atoms with Gasteiger partial charge in [0.15, 0.2) is 17.1 Å². The molecule has 1 atom stereocenters. The molecule has 3 aromatic rings. The summed E-state index contributed by atoms with van der Waals surface area (Å²) in [4.78, 5) is 12.3. The van der Waals surface area contributed by atoms with Crippen molar-refractivity contribution in [2.75, 3.05) is 11.1 Å². The Morgan fingerprint density at radius 2 is 1.75 bits per heavy atom. The zero-order chi connectivity index (χ0) is 23.3. The van der Waals surface area contributed by atoms with E-state index in [0.29, 0.717) is 11.7 Å². The summed E-state index contributed by atoms with van der Waals surface area (Å²) < 4.78 is 8.12. The van der Waals surface area contributed by atoms with Crippen molar-refractivity contribution in [3.63, 3.8) is 0 Å². The van der Waals surface area contributed by atoms with Crippen molar-refractivity contribution in [2.45, 2.75) is 64.8 Å². The highest BCUT2D eigenvalue weighted by atomic mass is 32.2. The topological polar surface area (TPSA) is 69.0 Å². The Kier molecular flexibility index (Phi) is 7.61. The third-order valence-corrected chi connectivity index (χ3v) is 6.09. The fourth-order valence-corrected chi connectivity index (χ4v) is 4.07. The van der Waals surface area contributed by atoms with Gasteiger partial charge in [0.1, 0.15) is 5.75 Å². The van der Waals surface area contributed by atoms with Crippen LogP contribution in [-0.2, 0) is 16.8 Å². The highest BCUT2D eigenvalue weighted by Crippen LogP contribution is 2.28. The summed E-state index contributed by atoms with van der Waals surface area (Å²) in [6.45, 7) is 13.3. The molecule has 1 heterocycles. The second kappa shape index (κ2) is 10.2. The van der Waals surface area contributed by atoms with Gasteiger partial charge in [0.25, 0.3) is 0 Å². The minimum Gasteiger partial charge on any atom is -0.483 e. The number of carbonyl (C=O) groups is 1. The molecule has 170 valence electrons. The zero-order valence-corrected chi connectivity index (χ0v) is 20.5. The van der Waals surface area contributed by atoms with Gasteiger partial charge in [-0.1, -0.05) is 62.4 Å². The predicted octanol–water partition coefficient (Wildman–Crippen LogP) is 5.77. The van der Waals surface area contributed by atoms with E-state index in [1.807, 2.05) is 61.7 Å². The van der Waals surface area contributed by atoms with Crippen LogP contribution in [0.15, 0.2) is 53.7 Å². The van der Waals surface area contributed by atoms with Gasteiger partial charge in [-0.15, -0.1) is 10.2 Å². The number of anilines is 1. The van der Waals surface area contributed by atoms with Crippen LogP contribution < -0.4 is 10.1 Å². The third kappa shape index (κ3) is 6.13. The number of ether oxygens (including phenoxy) is 1. The summed E-state index contributed by atoms with van der Waals surface area (Å²) in [5, 5.41) is 12.3. The maximum absolute atomic E-state index is 12.3. The lowest BCUT2D eigenvalue weighted by Gasteiger charge is -2.20. The van der Waals surface area contributed by atoms with Crippen LogP contribution in [0.25, 0.3) is 0 Å². The molecule has 0 fully saturated rings. The number of aromatic nitrogens is 3. The Balaban J connectivity index is 1.62.